The van der Waals surface area contributed by atoms with Gasteiger partial charge in [-0.05, 0) is 24.1 Å². The molecule has 1 N–H and O–H groups in total. The molecule has 0 atom stereocenters. The van der Waals surface area contributed by atoms with Gasteiger partial charge < -0.3 is 10.1 Å². The van der Waals surface area contributed by atoms with E-state index in [1.807, 2.05) is 19.1 Å². The van der Waals surface area contributed by atoms with Crippen LogP contribution < -0.4 is 5.32 Å². The number of carbonyl (C=O) groups excluding carboxylic acids is 1. The first-order valence-electron chi connectivity index (χ1n) is 5.22. The maximum Gasteiger partial charge on any atom is 0.339 e. The third kappa shape index (κ3) is 1.93. The van der Waals surface area contributed by atoms with Gasteiger partial charge in [0.25, 0.3) is 0 Å². The maximum absolute atomic E-state index is 11.5. The summed E-state index contributed by atoms with van der Waals surface area (Å²) in [4.78, 5) is 11.5. The van der Waals surface area contributed by atoms with E-state index in [1.54, 1.807) is 0 Å². The molecule has 3 nitrogen and oxygen atoms in total. The Kier molecular flexibility index (Phi) is 3.17. The molecule has 1 aliphatic rings. The first-order chi connectivity index (χ1) is 7.63. The molecule has 0 amide bonds. The van der Waals surface area contributed by atoms with Crippen LogP contribution >= 0.6 is 11.6 Å². The molecule has 1 aromatic carbocycles. The lowest BCUT2D eigenvalue weighted by molar-refractivity contribution is 0.0600. The third-order valence-corrected chi connectivity index (χ3v) is 3.25. The van der Waals surface area contributed by atoms with E-state index in [2.05, 4.69) is 5.32 Å². The highest BCUT2D eigenvalue weighted by Crippen LogP contribution is 2.28. The zero-order valence-corrected chi connectivity index (χ0v) is 10.1. The van der Waals surface area contributed by atoms with Gasteiger partial charge in [-0.1, -0.05) is 17.7 Å². The van der Waals surface area contributed by atoms with Gasteiger partial charge in [0.05, 0.1) is 17.7 Å². The highest BCUT2D eigenvalue weighted by atomic mass is 35.5. The van der Waals surface area contributed by atoms with E-state index in [-0.39, 0.29) is 5.97 Å². The van der Waals surface area contributed by atoms with Crippen LogP contribution in [0.2, 0.25) is 5.02 Å². The molecule has 0 unspecified atom stereocenters. The molecule has 86 valence electrons. The van der Waals surface area contributed by atoms with Crippen LogP contribution in [0.4, 0.5) is 0 Å². The molecule has 0 bridgehead atoms. The second kappa shape index (κ2) is 4.44. The van der Waals surface area contributed by atoms with Crippen LogP contribution in [0.15, 0.2) is 12.1 Å². The Morgan fingerprint density at radius 1 is 1.50 bits per heavy atom. The number of hydrogen-bond donors (Lipinski definition) is 1. The number of nitrogens with one attached hydrogen (secondary N) is 1. The largest absolute Gasteiger partial charge is 0.465 e. The van der Waals surface area contributed by atoms with Gasteiger partial charge in [-0.2, -0.15) is 0 Å². The number of halogens is 1. The Labute approximate surface area is 99.7 Å². The topological polar surface area (TPSA) is 38.3 Å². The fourth-order valence-electron chi connectivity index (χ4n) is 1.89. The van der Waals surface area contributed by atoms with Gasteiger partial charge in [0, 0.05) is 19.0 Å². The lowest BCUT2D eigenvalue weighted by Crippen LogP contribution is -2.39. The van der Waals surface area contributed by atoms with Crippen LogP contribution in [-0.2, 0) is 4.74 Å². The Hall–Kier alpha value is -1.06. The zero-order valence-electron chi connectivity index (χ0n) is 9.34. The van der Waals surface area contributed by atoms with E-state index >= 15 is 0 Å². The average Bonchev–Trinajstić information content (AvgIpc) is 2.13. The van der Waals surface area contributed by atoms with Gasteiger partial charge in [0.15, 0.2) is 0 Å². The average molecular weight is 240 g/mol. The molecule has 0 spiro atoms. The number of aryl methyl sites for hydroxylation is 1. The van der Waals surface area contributed by atoms with Crippen molar-refractivity contribution in [3.63, 3.8) is 0 Å². The van der Waals surface area contributed by atoms with Crippen LogP contribution in [0.3, 0.4) is 0 Å². The smallest absolute Gasteiger partial charge is 0.339 e. The highest BCUT2D eigenvalue weighted by Gasteiger charge is 2.22. The molecular weight excluding hydrogens is 226 g/mol. The van der Waals surface area contributed by atoms with E-state index < -0.39 is 0 Å². The molecule has 1 aliphatic heterocycles. The zero-order chi connectivity index (χ0) is 11.7. The minimum Gasteiger partial charge on any atom is -0.465 e. The number of rotatable bonds is 2. The SMILES string of the molecule is COC(=O)c1c(C)cc(C2CNC2)cc1Cl. The van der Waals surface area contributed by atoms with Gasteiger partial charge >= 0.3 is 5.97 Å². The lowest BCUT2D eigenvalue weighted by Gasteiger charge is -2.28. The molecule has 1 saturated heterocycles. The minimum absolute atomic E-state index is 0.374. The summed E-state index contributed by atoms with van der Waals surface area (Å²) in [5.74, 6) is 0.142. The molecule has 1 heterocycles. The predicted molar refractivity (Wildman–Crippen MR) is 63.1 cm³/mol. The first-order valence-corrected chi connectivity index (χ1v) is 5.60. The first kappa shape index (κ1) is 11.4. The van der Waals surface area contributed by atoms with Crippen molar-refractivity contribution in [3.05, 3.63) is 33.8 Å². The number of benzene rings is 1. The molecule has 2 rings (SSSR count). The second-order valence-electron chi connectivity index (χ2n) is 4.04. The summed E-state index contributed by atoms with van der Waals surface area (Å²) >= 11 is 6.11. The van der Waals surface area contributed by atoms with Crippen LogP contribution in [0.1, 0.15) is 27.4 Å². The Morgan fingerprint density at radius 2 is 2.19 bits per heavy atom. The van der Waals surface area contributed by atoms with Crippen molar-refractivity contribution >= 4 is 17.6 Å². The molecule has 4 heteroatoms. The quantitative estimate of drug-likeness (QED) is 0.804. The molecule has 0 aliphatic carbocycles. The Bertz CT molecular complexity index is 404. The summed E-state index contributed by atoms with van der Waals surface area (Å²) in [6, 6.07) is 3.88. The van der Waals surface area contributed by atoms with Crippen molar-refractivity contribution in [2.75, 3.05) is 20.2 Å². The fourth-order valence-corrected chi connectivity index (χ4v) is 2.24. The number of carbonyl (C=O) groups is 1. The molecule has 1 fully saturated rings. The fraction of sp³-hybridized carbons (Fsp3) is 0.417. The normalized spacial score (nSPS) is 15.7. The van der Waals surface area contributed by atoms with Crippen molar-refractivity contribution < 1.29 is 9.53 Å². The van der Waals surface area contributed by atoms with Crippen LogP contribution in [-0.4, -0.2) is 26.2 Å². The van der Waals surface area contributed by atoms with Gasteiger partial charge in [0.2, 0.25) is 0 Å². The number of esters is 1. The van der Waals surface area contributed by atoms with E-state index in [0.29, 0.717) is 16.5 Å². The second-order valence-corrected chi connectivity index (χ2v) is 4.45. The van der Waals surface area contributed by atoms with Gasteiger partial charge in [0.1, 0.15) is 0 Å². The van der Waals surface area contributed by atoms with Crippen LogP contribution in [0, 0.1) is 6.92 Å². The van der Waals surface area contributed by atoms with E-state index in [1.165, 1.54) is 12.7 Å². The van der Waals surface area contributed by atoms with Crippen molar-refractivity contribution in [2.45, 2.75) is 12.8 Å². The van der Waals surface area contributed by atoms with Crippen LogP contribution in [0.5, 0.6) is 0 Å². The standard InChI is InChI=1S/C12H14ClNO2/c1-7-3-8(9-5-14-6-9)4-10(13)11(7)12(15)16-2/h3-4,9,14H,5-6H2,1-2H3. The molecule has 0 aromatic heterocycles. The van der Waals surface area contributed by atoms with Crippen molar-refractivity contribution in [2.24, 2.45) is 0 Å². The summed E-state index contributed by atoms with van der Waals surface area (Å²) in [6.45, 7) is 3.84. The summed E-state index contributed by atoms with van der Waals surface area (Å²) in [7, 11) is 1.36. The number of hydrogen-bond acceptors (Lipinski definition) is 3. The molecular formula is C12H14ClNO2. The van der Waals surface area contributed by atoms with Crippen molar-refractivity contribution in [3.8, 4) is 0 Å². The predicted octanol–water partition coefficient (Wildman–Crippen LogP) is 2.12. The summed E-state index contributed by atoms with van der Waals surface area (Å²) in [5, 5.41) is 3.69. The van der Waals surface area contributed by atoms with E-state index in [9.17, 15) is 4.79 Å². The maximum atomic E-state index is 11.5. The molecule has 0 radical (unpaired) electrons. The Morgan fingerprint density at radius 3 is 2.62 bits per heavy atom. The van der Waals surface area contributed by atoms with Crippen LogP contribution in [0.25, 0.3) is 0 Å². The lowest BCUT2D eigenvalue weighted by atomic mass is 9.91. The van der Waals surface area contributed by atoms with E-state index in [4.69, 9.17) is 16.3 Å². The Balaban J connectivity index is 2.38. The third-order valence-electron chi connectivity index (χ3n) is 2.95. The number of methoxy groups -OCH3 is 1. The number of ether oxygens (including phenoxy) is 1. The molecule has 0 saturated carbocycles. The summed E-state index contributed by atoms with van der Waals surface area (Å²) in [6.07, 6.45) is 0. The van der Waals surface area contributed by atoms with E-state index in [0.717, 1.165) is 18.7 Å². The highest BCUT2D eigenvalue weighted by molar-refractivity contribution is 6.33. The van der Waals surface area contributed by atoms with Gasteiger partial charge in [-0.25, -0.2) is 4.79 Å². The summed E-state index contributed by atoms with van der Waals surface area (Å²) in [5.41, 5.74) is 2.54. The van der Waals surface area contributed by atoms with Crippen molar-refractivity contribution in [1.29, 1.82) is 0 Å². The monoisotopic (exact) mass is 239 g/mol. The summed E-state index contributed by atoms with van der Waals surface area (Å²) < 4.78 is 4.70. The van der Waals surface area contributed by atoms with Gasteiger partial charge in [-0.15, -0.1) is 0 Å². The van der Waals surface area contributed by atoms with Crippen molar-refractivity contribution in [1.82, 2.24) is 5.32 Å². The molecule has 1 aromatic rings. The molecule has 16 heavy (non-hydrogen) atoms. The minimum atomic E-state index is -0.374. The van der Waals surface area contributed by atoms with Gasteiger partial charge in [-0.3, -0.25) is 0 Å².